The van der Waals surface area contributed by atoms with Crippen LogP contribution in [0, 0.1) is 5.82 Å². The number of para-hydroxylation sites is 2. The van der Waals surface area contributed by atoms with E-state index in [1.54, 1.807) is 18.2 Å². The fourth-order valence-corrected chi connectivity index (χ4v) is 1.63. The molecule has 0 spiro atoms. The Hall–Kier alpha value is -2.76. The van der Waals surface area contributed by atoms with Crippen molar-refractivity contribution < 1.29 is 18.7 Å². The number of anilines is 1. The van der Waals surface area contributed by atoms with E-state index in [1.165, 1.54) is 31.4 Å². The molecule has 0 heterocycles. The van der Waals surface area contributed by atoms with E-state index >= 15 is 0 Å². The fourth-order valence-electron chi connectivity index (χ4n) is 1.63. The van der Waals surface area contributed by atoms with Crippen LogP contribution in [0.1, 0.15) is 0 Å². The van der Waals surface area contributed by atoms with Gasteiger partial charge in [-0.25, -0.2) is 9.18 Å². The maximum Gasteiger partial charge on any atom is 0.321 e. The molecule has 2 aromatic carbocycles. The molecule has 110 valence electrons. The number of hydrogen-bond donors (Lipinski definition) is 2. The second kappa shape index (κ2) is 7.14. The van der Waals surface area contributed by atoms with Gasteiger partial charge in [-0.1, -0.05) is 12.1 Å². The monoisotopic (exact) mass is 290 g/mol. The molecule has 0 atom stereocenters. The lowest BCUT2D eigenvalue weighted by molar-refractivity contribution is 0.231. The molecule has 0 bridgehead atoms. The number of benzene rings is 2. The molecule has 21 heavy (non-hydrogen) atoms. The lowest BCUT2D eigenvalue weighted by Gasteiger charge is -2.11. The number of halogens is 1. The van der Waals surface area contributed by atoms with Gasteiger partial charge in [-0.15, -0.1) is 0 Å². The Morgan fingerprint density at radius 2 is 1.76 bits per heavy atom. The highest BCUT2D eigenvalue weighted by atomic mass is 19.1. The minimum atomic E-state index is -0.448. The summed E-state index contributed by atoms with van der Waals surface area (Å²) in [6.45, 7) is -0.0204. The molecule has 2 N–H and O–H groups in total. The average Bonchev–Trinajstić information content (AvgIpc) is 2.50. The van der Waals surface area contributed by atoms with Crippen molar-refractivity contribution >= 4 is 11.7 Å². The van der Waals surface area contributed by atoms with Gasteiger partial charge in [0, 0.05) is 5.69 Å². The molecule has 0 fully saturated rings. The first-order chi connectivity index (χ1) is 10.2. The third-order valence-electron chi connectivity index (χ3n) is 2.63. The minimum absolute atomic E-state index is 0.0204. The summed E-state index contributed by atoms with van der Waals surface area (Å²) in [7, 11) is 1.54. The molecular formula is C15H15FN2O3. The molecule has 0 saturated heterocycles. The van der Waals surface area contributed by atoms with E-state index in [-0.39, 0.29) is 12.5 Å². The van der Waals surface area contributed by atoms with Crippen molar-refractivity contribution in [3.8, 4) is 11.5 Å². The van der Waals surface area contributed by atoms with Gasteiger partial charge in [0.05, 0.1) is 7.11 Å². The van der Waals surface area contributed by atoms with Gasteiger partial charge in [-0.2, -0.15) is 0 Å². The van der Waals surface area contributed by atoms with Crippen LogP contribution in [0.3, 0.4) is 0 Å². The van der Waals surface area contributed by atoms with Gasteiger partial charge in [0.25, 0.3) is 0 Å². The second-order valence-corrected chi connectivity index (χ2v) is 4.08. The Bertz CT molecular complexity index is 602. The van der Waals surface area contributed by atoms with Crippen molar-refractivity contribution in [3.63, 3.8) is 0 Å². The smallest absolute Gasteiger partial charge is 0.321 e. The summed E-state index contributed by atoms with van der Waals surface area (Å²) in [6, 6.07) is 12.1. The van der Waals surface area contributed by atoms with Crippen LogP contribution in [0.5, 0.6) is 11.5 Å². The summed E-state index contributed by atoms with van der Waals surface area (Å²) < 4.78 is 23.2. The topological polar surface area (TPSA) is 59.6 Å². The van der Waals surface area contributed by atoms with Crippen molar-refractivity contribution in [2.75, 3.05) is 19.2 Å². The van der Waals surface area contributed by atoms with E-state index in [2.05, 4.69) is 10.6 Å². The number of rotatable bonds is 5. The number of urea groups is 1. The number of methoxy groups -OCH3 is 1. The standard InChI is InChI=1S/C15H15FN2O3/c1-20-13-4-2-3-5-14(13)21-10-17-15(19)18-12-8-6-11(16)7-9-12/h2-9H,10H2,1H3,(H2,17,18,19). The summed E-state index contributed by atoms with van der Waals surface area (Å²) in [6.07, 6.45) is 0. The van der Waals surface area contributed by atoms with E-state index in [9.17, 15) is 9.18 Å². The third-order valence-corrected chi connectivity index (χ3v) is 2.63. The molecule has 0 saturated carbocycles. The number of hydrogen-bond acceptors (Lipinski definition) is 3. The summed E-state index contributed by atoms with van der Waals surface area (Å²) in [5, 5.41) is 5.08. The SMILES string of the molecule is COc1ccccc1OCNC(=O)Nc1ccc(F)cc1. The maximum absolute atomic E-state index is 12.7. The van der Waals surface area contributed by atoms with Crippen molar-refractivity contribution in [1.29, 1.82) is 0 Å². The highest BCUT2D eigenvalue weighted by molar-refractivity contribution is 5.89. The first-order valence-corrected chi connectivity index (χ1v) is 6.25. The minimum Gasteiger partial charge on any atom is -0.493 e. The second-order valence-electron chi connectivity index (χ2n) is 4.08. The fraction of sp³-hybridized carbons (Fsp3) is 0.133. The quantitative estimate of drug-likeness (QED) is 0.832. The lowest BCUT2D eigenvalue weighted by atomic mass is 10.3. The Morgan fingerprint density at radius 1 is 1.10 bits per heavy atom. The largest absolute Gasteiger partial charge is 0.493 e. The maximum atomic E-state index is 12.7. The van der Waals surface area contributed by atoms with Crippen LogP contribution in [-0.4, -0.2) is 19.9 Å². The molecule has 2 amide bonds. The molecule has 2 aromatic rings. The van der Waals surface area contributed by atoms with E-state index in [1.807, 2.05) is 6.07 Å². The summed E-state index contributed by atoms with van der Waals surface area (Å²) >= 11 is 0. The van der Waals surface area contributed by atoms with E-state index in [0.717, 1.165) is 0 Å². The average molecular weight is 290 g/mol. The van der Waals surface area contributed by atoms with Gasteiger partial charge < -0.3 is 20.1 Å². The predicted octanol–water partition coefficient (Wildman–Crippen LogP) is 2.99. The zero-order chi connectivity index (χ0) is 15.1. The van der Waals surface area contributed by atoms with Crippen LogP contribution in [0.15, 0.2) is 48.5 Å². The van der Waals surface area contributed by atoms with E-state index in [4.69, 9.17) is 9.47 Å². The lowest BCUT2D eigenvalue weighted by Crippen LogP contribution is -2.32. The first kappa shape index (κ1) is 14.6. The van der Waals surface area contributed by atoms with Gasteiger partial charge in [0.2, 0.25) is 0 Å². The summed E-state index contributed by atoms with van der Waals surface area (Å²) in [5.74, 6) is 0.751. The van der Waals surface area contributed by atoms with Gasteiger partial charge in [-0.3, -0.25) is 0 Å². The van der Waals surface area contributed by atoms with Gasteiger partial charge in [0.1, 0.15) is 5.82 Å². The Morgan fingerprint density at radius 3 is 2.43 bits per heavy atom. The molecule has 0 unspecified atom stereocenters. The van der Waals surface area contributed by atoms with Crippen LogP contribution in [-0.2, 0) is 0 Å². The number of ether oxygens (including phenoxy) is 2. The van der Waals surface area contributed by atoms with E-state index < -0.39 is 6.03 Å². The highest BCUT2D eigenvalue weighted by Crippen LogP contribution is 2.25. The molecule has 0 radical (unpaired) electrons. The molecular weight excluding hydrogens is 275 g/mol. The van der Waals surface area contributed by atoms with Crippen molar-refractivity contribution in [1.82, 2.24) is 5.32 Å². The Kier molecular flexibility index (Phi) is 4.98. The summed E-state index contributed by atoms with van der Waals surface area (Å²) in [5.41, 5.74) is 0.492. The van der Waals surface area contributed by atoms with Crippen LogP contribution in [0.25, 0.3) is 0 Å². The zero-order valence-electron chi connectivity index (χ0n) is 11.4. The molecule has 6 heteroatoms. The van der Waals surface area contributed by atoms with Crippen LogP contribution < -0.4 is 20.1 Å². The van der Waals surface area contributed by atoms with Crippen LogP contribution in [0.4, 0.5) is 14.9 Å². The molecule has 0 aliphatic carbocycles. The van der Waals surface area contributed by atoms with Gasteiger partial charge in [0.15, 0.2) is 18.2 Å². The Balaban J connectivity index is 1.80. The normalized spacial score (nSPS) is 9.81. The van der Waals surface area contributed by atoms with Crippen LogP contribution in [0.2, 0.25) is 0 Å². The summed E-state index contributed by atoms with van der Waals surface area (Å²) in [4.78, 5) is 11.6. The molecule has 5 nitrogen and oxygen atoms in total. The zero-order valence-corrected chi connectivity index (χ0v) is 11.4. The third kappa shape index (κ3) is 4.38. The predicted molar refractivity (Wildman–Crippen MR) is 77.0 cm³/mol. The van der Waals surface area contributed by atoms with Crippen molar-refractivity contribution in [2.45, 2.75) is 0 Å². The number of carbonyl (C=O) groups is 1. The Labute approximate surface area is 121 Å². The molecule has 0 aliphatic rings. The number of amides is 2. The van der Waals surface area contributed by atoms with Crippen molar-refractivity contribution in [2.24, 2.45) is 0 Å². The van der Waals surface area contributed by atoms with Crippen LogP contribution >= 0.6 is 0 Å². The molecule has 0 aromatic heterocycles. The van der Waals surface area contributed by atoms with Gasteiger partial charge >= 0.3 is 6.03 Å². The highest BCUT2D eigenvalue weighted by Gasteiger charge is 2.04. The number of carbonyl (C=O) groups excluding carboxylic acids is 1. The molecule has 0 aliphatic heterocycles. The van der Waals surface area contributed by atoms with E-state index in [0.29, 0.717) is 17.2 Å². The van der Waals surface area contributed by atoms with Gasteiger partial charge in [-0.05, 0) is 36.4 Å². The number of nitrogens with one attached hydrogen (secondary N) is 2. The van der Waals surface area contributed by atoms with Crippen molar-refractivity contribution in [3.05, 3.63) is 54.3 Å². The molecule has 2 rings (SSSR count). The first-order valence-electron chi connectivity index (χ1n) is 6.25.